The summed E-state index contributed by atoms with van der Waals surface area (Å²) in [6.45, 7) is 2.12. The maximum atomic E-state index is 12.1. The first-order chi connectivity index (χ1) is 13.2. The van der Waals surface area contributed by atoms with Crippen LogP contribution in [-0.2, 0) is 11.3 Å². The lowest BCUT2D eigenvalue weighted by Gasteiger charge is -2.05. The average molecular weight is 364 g/mol. The van der Waals surface area contributed by atoms with Crippen molar-refractivity contribution in [1.82, 2.24) is 25.6 Å². The van der Waals surface area contributed by atoms with Crippen LogP contribution >= 0.6 is 0 Å². The van der Waals surface area contributed by atoms with Gasteiger partial charge < -0.3 is 9.47 Å². The van der Waals surface area contributed by atoms with E-state index in [1.807, 2.05) is 37.3 Å². The number of hydrazone groups is 1. The minimum absolute atomic E-state index is 0.0674. The van der Waals surface area contributed by atoms with E-state index in [0.717, 1.165) is 16.7 Å². The Morgan fingerprint density at radius 3 is 2.89 bits per heavy atom. The summed E-state index contributed by atoms with van der Waals surface area (Å²) in [5, 5.41) is 15.5. The maximum Gasteiger partial charge on any atom is 0.261 e. The molecule has 1 amide bonds. The second-order valence-electron chi connectivity index (χ2n) is 5.93. The minimum Gasteiger partial charge on any atom is -0.454 e. The summed E-state index contributed by atoms with van der Waals surface area (Å²) in [4.78, 5) is 12.1. The summed E-state index contributed by atoms with van der Waals surface area (Å²) >= 11 is 0. The van der Waals surface area contributed by atoms with E-state index in [0.29, 0.717) is 17.3 Å². The molecule has 1 aliphatic heterocycles. The van der Waals surface area contributed by atoms with Crippen LogP contribution in [0.15, 0.2) is 47.6 Å². The van der Waals surface area contributed by atoms with Gasteiger partial charge in [-0.3, -0.25) is 4.79 Å². The zero-order valence-electron chi connectivity index (χ0n) is 14.5. The maximum absolute atomic E-state index is 12.1. The summed E-state index contributed by atoms with van der Waals surface area (Å²) in [6.07, 6.45) is 1.58. The highest BCUT2D eigenvalue weighted by atomic mass is 16.7. The van der Waals surface area contributed by atoms with Gasteiger partial charge in [0.2, 0.25) is 6.79 Å². The molecule has 0 aliphatic carbocycles. The normalized spacial score (nSPS) is 12.5. The average Bonchev–Trinajstić information content (AvgIpc) is 3.31. The number of amides is 1. The number of nitrogens with one attached hydrogen (secondary N) is 1. The van der Waals surface area contributed by atoms with Crippen molar-refractivity contribution < 1.29 is 14.3 Å². The van der Waals surface area contributed by atoms with Gasteiger partial charge in [0.25, 0.3) is 5.91 Å². The van der Waals surface area contributed by atoms with Crippen molar-refractivity contribution in [3.63, 3.8) is 0 Å². The van der Waals surface area contributed by atoms with Crippen molar-refractivity contribution in [2.24, 2.45) is 5.10 Å². The topological polar surface area (TPSA) is 104 Å². The molecule has 2 heterocycles. The fourth-order valence-corrected chi connectivity index (χ4v) is 2.56. The largest absolute Gasteiger partial charge is 0.454 e. The fourth-order valence-electron chi connectivity index (χ4n) is 2.56. The van der Waals surface area contributed by atoms with Gasteiger partial charge in [0.05, 0.1) is 6.21 Å². The molecule has 0 saturated heterocycles. The fraction of sp³-hybridized carbons (Fsp3) is 0.167. The van der Waals surface area contributed by atoms with Crippen LogP contribution in [-0.4, -0.2) is 39.1 Å². The molecule has 4 rings (SSSR count). The Morgan fingerprint density at radius 2 is 2.04 bits per heavy atom. The molecular weight excluding hydrogens is 348 g/mol. The number of carbonyl (C=O) groups excluding carboxylic acids is 1. The van der Waals surface area contributed by atoms with E-state index in [2.05, 4.69) is 26.1 Å². The Morgan fingerprint density at radius 1 is 1.22 bits per heavy atom. The van der Waals surface area contributed by atoms with Crippen LogP contribution in [0.25, 0.3) is 11.4 Å². The summed E-state index contributed by atoms with van der Waals surface area (Å²) in [5.74, 6) is 1.40. The molecule has 27 heavy (non-hydrogen) atoms. The molecule has 0 spiro atoms. The molecule has 136 valence electrons. The lowest BCUT2D eigenvalue weighted by molar-refractivity contribution is -0.121. The van der Waals surface area contributed by atoms with E-state index >= 15 is 0 Å². The predicted molar refractivity (Wildman–Crippen MR) is 96.3 cm³/mol. The quantitative estimate of drug-likeness (QED) is 0.544. The second kappa shape index (κ2) is 7.24. The van der Waals surface area contributed by atoms with E-state index in [4.69, 9.17) is 9.47 Å². The van der Waals surface area contributed by atoms with Crippen LogP contribution < -0.4 is 14.9 Å². The number of nitrogens with zero attached hydrogens (tertiary/aromatic N) is 5. The third kappa shape index (κ3) is 3.76. The lowest BCUT2D eigenvalue weighted by atomic mass is 10.2. The van der Waals surface area contributed by atoms with E-state index in [-0.39, 0.29) is 19.2 Å². The van der Waals surface area contributed by atoms with Crippen molar-refractivity contribution in [1.29, 1.82) is 0 Å². The van der Waals surface area contributed by atoms with Gasteiger partial charge in [0.1, 0.15) is 6.54 Å². The van der Waals surface area contributed by atoms with Gasteiger partial charge in [0, 0.05) is 5.56 Å². The Kier molecular flexibility index (Phi) is 4.48. The van der Waals surface area contributed by atoms with Crippen LogP contribution in [0.4, 0.5) is 0 Å². The third-order valence-corrected chi connectivity index (χ3v) is 3.94. The number of hydrogen-bond donors (Lipinski definition) is 1. The zero-order valence-corrected chi connectivity index (χ0v) is 14.5. The summed E-state index contributed by atoms with van der Waals surface area (Å²) in [6, 6.07) is 13.2. The minimum atomic E-state index is -0.340. The molecule has 0 radical (unpaired) electrons. The van der Waals surface area contributed by atoms with Crippen LogP contribution in [0.1, 0.15) is 11.1 Å². The van der Waals surface area contributed by atoms with E-state index < -0.39 is 0 Å². The Bertz CT molecular complexity index is 997. The van der Waals surface area contributed by atoms with Gasteiger partial charge in [0.15, 0.2) is 17.3 Å². The van der Waals surface area contributed by atoms with E-state index in [1.54, 1.807) is 18.3 Å². The number of fused-ring (bicyclic) bond motifs is 1. The zero-order chi connectivity index (χ0) is 18.6. The van der Waals surface area contributed by atoms with Gasteiger partial charge in [-0.2, -0.15) is 5.10 Å². The molecule has 9 heteroatoms. The first kappa shape index (κ1) is 16.7. The SMILES string of the molecule is Cc1ccc(/C=N/NC(=O)Cn2nnnc2-c2ccc3c(c2)OCO3)cc1. The number of ether oxygens (including phenoxy) is 2. The molecule has 1 N–H and O–H groups in total. The molecule has 0 atom stereocenters. The first-order valence-corrected chi connectivity index (χ1v) is 8.24. The molecule has 0 fully saturated rings. The molecule has 0 saturated carbocycles. The van der Waals surface area contributed by atoms with Crippen LogP contribution in [0, 0.1) is 6.92 Å². The number of aryl methyl sites for hydroxylation is 1. The van der Waals surface area contributed by atoms with Crippen molar-refractivity contribution >= 4 is 12.1 Å². The number of aromatic nitrogens is 4. The molecule has 0 unspecified atom stereocenters. The van der Waals surface area contributed by atoms with Crippen molar-refractivity contribution in [2.75, 3.05) is 6.79 Å². The number of benzene rings is 2. The highest BCUT2D eigenvalue weighted by molar-refractivity contribution is 5.82. The highest BCUT2D eigenvalue weighted by Crippen LogP contribution is 2.35. The van der Waals surface area contributed by atoms with Gasteiger partial charge in [-0.25, -0.2) is 10.1 Å². The second-order valence-corrected chi connectivity index (χ2v) is 5.93. The summed E-state index contributed by atoms with van der Waals surface area (Å²) in [5.41, 5.74) is 5.25. The van der Waals surface area contributed by atoms with Gasteiger partial charge in [-0.15, -0.1) is 5.10 Å². The van der Waals surface area contributed by atoms with Crippen LogP contribution in [0.5, 0.6) is 11.5 Å². The van der Waals surface area contributed by atoms with Crippen molar-refractivity contribution in [3.8, 4) is 22.9 Å². The van der Waals surface area contributed by atoms with Crippen LogP contribution in [0.3, 0.4) is 0 Å². The molecule has 1 aliphatic rings. The first-order valence-electron chi connectivity index (χ1n) is 8.24. The molecule has 1 aromatic heterocycles. The summed E-state index contributed by atoms with van der Waals surface area (Å²) < 4.78 is 12.1. The standard InChI is InChI=1S/C18H16N6O3/c1-12-2-4-13(5-3-12)9-19-20-17(25)10-24-18(21-22-23-24)14-6-7-15-16(8-14)27-11-26-15/h2-9H,10-11H2,1H3,(H,20,25)/b19-9+. The van der Waals surface area contributed by atoms with Gasteiger partial charge in [-0.05, 0) is 41.1 Å². The Hall–Kier alpha value is -3.75. The van der Waals surface area contributed by atoms with E-state index in [9.17, 15) is 4.79 Å². The number of hydrogen-bond acceptors (Lipinski definition) is 7. The highest BCUT2D eigenvalue weighted by Gasteiger charge is 2.17. The number of tetrazole rings is 1. The molecular formula is C18H16N6O3. The Labute approximate surface area is 154 Å². The van der Waals surface area contributed by atoms with E-state index in [1.165, 1.54) is 4.68 Å². The molecule has 0 bridgehead atoms. The summed E-state index contributed by atoms with van der Waals surface area (Å²) in [7, 11) is 0. The predicted octanol–water partition coefficient (Wildman–Crippen LogP) is 1.53. The van der Waals surface area contributed by atoms with Crippen molar-refractivity contribution in [3.05, 3.63) is 53.6 Å². The van der Waals surface area contributed by atoms with Crippen LogP contribution in [0.2, 0.25) is 0 Å². The third-order valence-electron chi connectivity index (χ3n) is 3.94. The number of carbonyl (C=O) groups is 1. The monoisotopic (exact) mass is 364 g/mol. The Balaban J connectivity index is 1.42. The molecule has 3 aromatic rings. The van der Waals surface area contributed by atoms with Crippen molar-refractivity contribution in [2.45, 2.75) is 13.5 Å². The van der Waals surface area contributed by atoms with Gasteiger partial charge >= 0.3 is 0 Å². The smallest absolute Gasteiger partial charge is 0.261 e. The number of rotatable bonds is 5. The molecule has 9 nitrogen and oxygen atoms in total. The molecule has 2 aromatic carbocycles. The lowest BCUT2D eigenvalue weighted by Crippen LogP contribution is -2.24. The van der Waals surface area contributed by atoms with Gasteiger partial charge in [-0.1, -0.05) is 29.8 Å².